The summed E-state index contributed by atoms with van der Waals surface area (Å²) in [6.07, 6.45) is 2.58. The van der Waals surface area contributed by atoms with Crippen LogP contribution in [0.3, 0.4) is 0 Å². The van der Waals surface area contributed by atoms with E-state index in [1.54, 1.807) is 19.2 Å². The topological polar surface area (TPSA) is 104 Å². The summed E-state index contributed by atoms with van der Waals surface area (Å²) in [7, 11) is -1.74. The van der Waals surface area contributed by atoms with Crippen LogP contribution in [0, 0.1) is 16.7 Å². The van der Waals surface area contributed by atoms with E-state index in [1.165, 1.54) is 6.20 Å². The zero-order valence-corrected chi connectivity index (χ0v) is 18.2. The predicted molar refractivity (Wildman–Crippen MR) is 120 cm³/mol. The maximum absolute atomic E-state index is 11.4. The van der Waals surface area contributed by atoms with E-state index in [0.29, 0.717) is 23.7 Å². The Kier molecular flexibility index (Phi) is 5.85. The van der Waals surface area contributed by atoms with Gasteiger partial charge in [0.2, 0.25) is 10.0 Å². The second-order valence-electron chi connectivity index (χ2n) is 7.73. The highest BCUT2D eigenvalue weighted by atomic mass is 32.2. The van der Waals surface area contributed by atoms with Crippen LogP contribution >= 0.6 is 0 Å². The standard InChI is InChI=1S/C22H24N4O3S/c1-22(2,13-23)14-25-21-18-11-16(6-5-15(18)7-10-20(21)29-3)19-9-8-17(12-24-19)26-30(4,27)28/h5-12,25-26H,14H2,1-4H3. The number of nitrogens with zero attached hydrogens (tertiary/aromatic N) is 2. The van der Waals surface area contributed by atoms with Crippen molar-refractivity contribution in [3.8, 4) is 23.1 Å². The van der Waals surface area contributed by atoms with Crippen molar-refractivity contribution >= 4 is 32.2 Å². The number of nitriles is 1. The number of ether oxygens (including phenoxy) is 1. The molecule has 0 radical (unpaired) electrons. The Bertz CT molecular complexity index is 1210. The van der Waals surface area contributed by atoms with Gasteiger partial charge in [0.25, 0.3) is 0 Å². The summed E-state index contributed by atoms with van der Waals surface area (Å²) in [5.41, 5.74) is 2.28. The molecule has 8 heteroatoms. The van der Waals surface area contributed by atoms with Gasteiger partial charge in [-0.3, -0.25) is 9.71 Å². The number of hydrogen-bond donors (Lipinski definition) is 2. The molecule has 3 rings (SSSR count). The van der Waals surface area contributed by atoms with Crippen molar-refractivity contribution in [2.24, 2.45) is 5.41 Å². The van der Waals surface area contributed by atoms with Crippen LogP contribution in [-0.4, -0.2) is 33.3 Å². The van der Waals surface area contributed by atoms with Gasteiger partial charge in [-0.2, -0.15) is 5.26 Å². The van der Waals surface area contributed by atoms with Crippen molar-refractivity contribution in [2.75, 3.05) is 29.9 Å². The lowest BCUT2D eigenvalue weighted by Crippen LogP contribution is -2.21. The molecule has 156 valence electrons. The second-order valence-corrected chi connectivity index (χ2v) is 9.48. The van der Waals surface area contributed by atoms with E-state index in [9.17, 15) is 13.7 Å². The fourth-order valence-electron chi connectivity index (χ4n) is 3.00. The molecule has 2 N–H and O–H groups in total. The molecule has 0 amide bonds. The van der Waals surface area contributed by atoms with Gasteiger partial charge in [-0.25, -0.2) is 8.42 Å². The molecule has 0 spiro atoms. The third kappa shape index (κ3) is 4.99. The van der Waals surface area contributed by atoms with Crippen LogP contribution in [0.5, 0.6) is 5.75 Å². The van der Waals surface area contributed by atoms with Crippen LogP contribution in [0.15, 0.2) is 48.7 Å². The number of methoxy groups -OCH3 is 1. The highest BCUT2D eigenvalue weighted by Gasteiger charge is 2.18. The monoisotopic (exact) mass is 424 g/mol. The molecular weight excluding hydrogens is 400 g/mol. The van der Waals surface area contributed by atoms with Crippen LogP contribution in [0.25, 0.3) is 22.0 Å². The summed E-state index contributed by atoms with van der Waals surface area (Å²) in [6, 6.07) is 15.6. The van der Waals surface area contributed by atoms with Crippen LogP contribution < -0.4 is 14.8 Å². The maximum Gasteiger partial charge on any atom is 0.229 e. The summed E-state index contributed by atoms with van der Waals surface area (Å²) < 4.78 is 30.7. The van der Waals surface area contributed by atoms with E-state index >= 15 is 0 Å². The molecule has 0 aliphatic carbocycles. The summed E-state index contributed by atoms with van der Waals surface area (Å²) in [5.74, 6) is 0.689. The Balaban J connectivity index is 2.02. The van der Waals surface area contributed by atoms with E-state index in [1.807, 2.05) is 44.2 Å². The Morgan fingerprint density at radius 2 is 1.90 bits per heavy atom. The van der Waals surface area contributed by atoms with Crippen molar-refractivity contribution in [3.63, 3.8) is 0 Å². The highest BCUT2D eigenvalue weighted by molar-refractivity contribution is 7.92. The highest BCUT2D eigenvalue weighted by Crippen LogP contribution is 2.36. The lowest BCUT2D eigenvalue weighted by molar-refractivity contribution is 0.416. The van der Waals surface area contributed by atoms with Crippen molar-refractivity contribution in [1.82, 2.24) is 4.98 Å². The van der Waals surface area contributed by atoms with E-state index in [2.05, 4.69) is 21.1 Å². The molecule has 0 saturated carbocycles. The first kappa shape index (κ1) is 21.4. The minimum Gasteiger partial charge on any atom is -0.495 e. The number of rotatable bonds is 7. The molecule has 0 fully saturated rings. The number of anilines is 2. The van der Waals surface area contributed by atoms with E-state index in [0.717, 1.165) is 28.3 Å². The van der Waals surface area contributed by atoms with Gasteiger partial charge in [-0.05, 0) is 43.5 Å². The number of benzene rings is 2. The smallest absolute Gasteiger partial charge is 0.229 e. The molecule has 2 aromatic carbocycles. The fourth-order valence-corrected chi connectivity index (χ4v) is 3.55. The number of fused-ring (bicyclic) bond motifs is 1. The number of aromatic nitrogens is 1. The molecule has 0 unspecified atom stereocenters. The van der Waals surface area contributed by atoms with Gasteiger partial charge in [0.05, 0.1) is 48.1 Å². The normalized spacial score (nSPS) is 11.7. The molecule has 1 heterocycles. The maximum atomic E-state index is 11.4. The van der Waals surface area contributed by atoms with Crippen LogP contribution in [-0.2, 0) is 10.0 Å². The van der Waals surface area contributed by atoms with Crippen LogP contribution in [0.2, 0.25) is 0 Å². The molecular formula is C22H24N4O3S. The molecule has 30 heavy (non-hydrogen) atoms. The minimum absolute atomic E-state index is 0.407. The number of hydrogen-bond acceptors (Lipinski definition) is 6. The Morgan fingerprint density at radius 3 is 2.50 bits per heavy atom. The zero-order chi connectivity index (χ0) is 21.9. The van der Waals surface area contributed by atoms with E-state index < -0.39 is 15.4 Å². The lowest BCUT2D eigenvalue weighted by atomic mass is 9.95. The molecule has 1 aromatic heterocycles. The van der Waals surface area contributed by atoms with Gasteiger partial charge in [0, 0.05) is 17.5 Å². The largest absolute Gasteiger partial charge is 0.495 e. The fraction of sp³-hybridized carbons (Fsp3) is 0.273. The Labute approximate surface area is 176 Å². The van der Waals surface area contributed by atoms with Gasteiger partial charge in [-0.1, -0.05) is 18.2 Å². The third-order valence-corrected chi connectivity index (χ3v) is 5.18. The summed E-state index contributed by atoms with van der Waals surface area (Å²) in [5, 5.41) is 14.7. The van der Waals surface area contributed by atoms with Crippen molar-refractivity contribution < 1.29 is 13.2 Å². The number of sulfonamides is 1. The van der Waals surface area contributed by atoms with Crippen molar-refractivity contribution in [3.05, 3.63) is 48.7 Å². The Hall–Kier alpha value is -3.31. The van der Waals surface area contributed by atoms with Gasteiger partial charge < -0.3 is 10.1 Å². The number of nitrogens with one attached hydrogen (secondary N) is 2. The molecule has 3 aromatic rings. The van der Waals surface area contributed by atoms with E-state index in [4.69, 9.17) is 4.74 Å². The van der Waals surface area contributed by atoms with Crippen molar-refractivity contribution in [1.29, 1.82) is 5.26 Å². The average molecular weight is 425 g/mol. The molecule has 0 aliphatic rings. The average Bonchev–Trinajstić information content (AvgIpc) is 2.71. The third-order valence-electron chi connectivity index (χ3n) is 4.58. The Morgan fingerprint density at radius 1 is 1.17 bits per heavy atom. The van der Waals surface area contributed by atoms with Gasteiger partial charge in [0.15, 0.2) is 0 Å². The zero-order valence-electron chi connectivity index (χ0n) is 17.4. The second kappa shape index (κ2) is 8.20. The summed E-state index contributed by atoms with van der Waals surface area (Å²) >= 11 is 0. The summed E-state index contributed by atoms with van der Waals surface area (Å²) in [4.78, 5) is 4.39. The van der Waals surface area contributed by atoms with Gasteiger partial charge in [-0.15, -0.1) is 0 Å². The predicted octanol–water partition coefficient (Wildman–Crippen LogP) is 4.24. The van der Waals surface area contributed by atoms with E-state index in [-0.39, 0.29) is 0 Å². The molecule has 0 bridgehead atoms. The van der Waals surface area contributed by atoms with Gasteiger partial charge >= 0.3 is 0 Å². The van der Waals surface area contributed by atoms with Gasteiger partial charge in [0.1, 0.15) is 5.75 Å². The van der Waals surface area contributed by atoms with Crippen LogP contribution in [0.4, 0.5) is 11.4 Å². The van der Waals surface area contributed by atoms with Crippen molar-refractivity contribution in [2.45, 2.75) is 13.8 Å². The lowest BCUT2D eigenvalue weighted by Gasteiger charge is -2.20. The first-order valence-corrected chi connectivity index (χ1v) is 11.2. The molecule has 0 saturated heterocycles. The summed E-state index contributed by atoms with van der Waals surface area (Å²) in [6.45, 7) is 4.21. The minimum atomic E-state index is -3.35. The molecule has 0 atom stereocenters. The SMILES string of the molecule is COc1ccc2ccc(-c3ccc(NS(C)(=O)=O)cn3)cc2c1NCC(C)(C)C#N. The first-order valence-electron chi connectivity index (χ1n) is 9.32. The van der Waals surface area contributed by atoms with Crippen LogP contribution in [0.1, 0.15) is 13.8 Å². The number of pyridine rings is 1. The molecule has 0 aliphatic heterocycles. The first-order chi connectivity index (χ1) is 14.1. The molecule has 7 nitrogen and oxygen atoms in total. The quantitative estimate of drug-likeness (QED) is 0.588.